The number of carbonyl (C=O) groups excluding carboxylic acids is 1. The van der Waals surface area contributed by atoms with Crippen molar-refractivity contribution in [3.63, 3.8) is 0 Å². The first-order chi connectivity index (χ1) is 15.0. The van der Waals surface area contributed by atoms with Gasteiger partial charge in [-0.25, -0.2) is 8.78 Å². The molecule has 1 nitrogen and oxygen atoms in total. The van der Waals surface area contributed by atoms with E-state index in [9.17, 15) is 13.6 Å². The molecule has 3 rings (SSSR count). The van der Waals surface area contributed by atoms with Gasteiger partial charge in [-0.2, -0.15) is 0 Å². The average Bonchev–Trinajstić information content (AvgIpc) is 2.81. The van der Waals surface area contributed by atoms with Gasteiger partial charge in [-0.3, -0.25) is 4.79 Å². The molecule has 3 heteroatoms. The van der Waals surface area contributed by atoms with Crippen molar-refractivity contribution in [2.75, 3.05) is 0 Å². The van der Waals surface area contributed by atoms with Crippen LogP contribution in [0.4, 0.5) is 8.78 Å². The van der Waals surface area contributed by atoms with Crippen molar-refractivity contribution in [2.24, 2.45) is 0 Å². The third kappa shape index (κ3) is 5.66. The van der Waals surface area contributed by atoms with Crippen LogP contribution in [-0.2, 0) is 6.42 Å². The Kier molecular flexibility index (Phi) is 8.11. The zero-order chi connectivity index (χ0) is 22.2. The Bertz CT molecular complexity index is 1000. The number of rotatable bonds is 10. The van der Waals surface area contributed by atoms with Crippen molar-refractivity contribution in [1.82, 2.24) is 0 Å². The average molecular weight is 421 g/mol. The maximum Gasteiger partial charge on any atom is 0.166 e. The highest BCUT2D eigenvalue weighted by molar-refractivity contribution is 5.96. The van der Waals surface area contributed by atoms with E-state index in [2.05, 4.69) is 13.8 Å². The van der Waals surface area contributed by atoms with Crippen molar-refractivity contribution < 1.29 is 13.6 Å². The molecular weight excluding hydrogens is 390 g/mol. The van der Waals surface area contributed by atoms with Gasteiger partial charge in [-0.15, -0.1) is 0 Å². The molecule has 0 spiro atoms. The van der Waals surface area contributed by atoms with Crippen LogP contribution in [-0.4, -0.2) is 5.78 Å². The molecule has 0 amide bonds. The number of unbranched alkanes of at least 4 members (excludes halogenated alkanes) is 3. The highest BCUT2D eigenvalue weighted by atomic mass is 19.2. The lowest BCUT2D eigenvalue weighted by Gasteiger charge is -2.10. The molecule has 0 aliphatic rings. The van der Waals surface area contributed by atoms with Crippen LogP contribution in [0.25, 0.3) is 22.3 Å². The van der Waals surface area contributed by atoms with Crippen molar-refractivity contribution in [1.29, 1.82) is 0 Å². The molecule has 0 saturated carbocycles. The van der Waals surface area contributed by atoms with Crippen LogP contribution in [0.5, 0.6) is 0 Å². The lowest BCUT2D eigenvalue weighted by atomic mass is 9.96. The minimum absolute atomic E-state index is 0.166. The topological polar surface area (TPSA) is 17.1 Å². The standard InChI is InChI=1S/C28H30F2O/c1-3-5-7-8-24-18-19-25(28(30)27(24)29)22-14-10-20(11-15-22)21-12-16-23(17-13-21)26(31)9-6-4-2/h10-19H,3-9H2,1-2H3. The first kappa shape index (κ1) is 22.9. The molecule has 0 bridgehead atoms. The monoisotopic (exact) mass is 420 g/mol. The van der Waals surface area contributed by atoms with Crippen molar-refractivity contribution in [3.8, 4) is 22.3 Å². The highest BCUT2D eigenvalue weighted by Crippen LogP contribution is 2.29. The molecule has 0 aliphatic heterocycles. The summed E-state index contributed by atoms with van der Waals surface area (Å²) in [5.74, 6) is -1.35. The van der Waals surface area contributed by atoms with Crippen LogP contribution in [0, 0.1) is 11.6 Å². The molecule has 0 unspecified atom stereocenters. The number of aryl methyl sites for hydroxylation is 1. The summed E-state index contributed by atoms with van der Waals surface area (Å²) >= 11 is 0. The number of halogens is 2. The normalized spacial score (nSPS) is 11.0. The second kappa shape index (κ2) is 11.0. The molecule has 0 aromatic heterocycles. The third-order valence-electron chi connectivity index (χ3n) is 5.71. The van der Waals surface area contributed by atoms with Gasteiger partial charge in [0.2, 0.25) is 0 Å². The fourth-order valence-corrected chi connectivity index (χ4v) is 3.74. The van der Waals surface area contributed by atoms with E-state index >= 15 is 0 Å². The van der Waals surface area contributed by atoms with E-state index in [4.69, 9.17) is 0 Å². The minimum atomic E-state index is -0.781. The quantitative estimate of drug-likeness (QED) is 0.238. The number of hydrogen-bond donors (Lipinski definition) is 0. The Balaban J connectivity index is 1.76. The van der Waals surface area contributed by atoms with Crippen molar-refractivity contribution in [3.05, 3.63) is 83.4 Å². The second-order valence-electron chi connectivity index (χ2n) is 8.04. The van der Waals surface area contributed by atoms with Crippen LogP contribution >= 0.6 is 0 Å². The number of hydrogen-bond acceptors (Lipinski definition) is 1. The Hall–Kier alpha value is -2.81. The summed E-state index contributed by atoms with van der Waals surface area (Å²) in [5, 5.41) is 0. The first-order valence-electron chi connectivity index (χ1n) is 11.3. The molecule has 0 aliphatic carbocycles. The van der Waals surface area contributed by atoms with Crippen molar-refractivity contribution >= 4 is 5.78 Å². The molecule has 0 heterocycles. The van der Waals surface area contributed by atoms with Gasteiger partial charge in [0, 0.05) is 17.5 Å². The minimum Gasteiger partial charge on any atom is -0.294 e. The fourth-order valence-electron chi connectivity index (χ4n) is 3.74. The third-order valence-corrected chi connectivity index (χ3v) is 5.71. The van der Waals surface area contributed by atoms with Crippen LogP contribution < -0.4 is 0 Å². The number of ketones is 1. The van der Waals surface area contributed by atoms with Gasteiger partial charge in [-0.1, -0.05) is 93.8 Å². The molecule has 3 aromatic rings. The van der Waals surface area contributed by atoms with Gasteiger partial charge < -0.3 is 0 Å². The van der Waals surface area contributed by atoms with E-state index in [0.717, 1.165) is 48.8 Å². The Labute approximate surface area is 184 Å². The summed E-state index contributed by atoms with van der Waals surface area (Å²) in [7, 11) is 0. The van der Waals surface area contributed by atoms with Gasteiger partial charge in [-0.05, 0) is 41.5 Å². The van der Waals surface area contributed by atoms with E-state index in [1.807, 2.05) is 48.5 Å². The SMILES string of the molecule is CCCCCc1ccc(-c2ccc(-c3ccc(C(=O)CCCC)cc3)cc2)c(F)c1F. The molecular formula is C28H30F2O. The molecule has 0 N–H and O–H groups in total. The lowest BCUT2D eigenvalue weighted by Crippen LogP contribution is -1.98. The van der Waals surface area contributed by atoms with Crippen LogP contribution in [0.15, 0.2) is 60.7 Å². The molecule has 0 fully saturated rings. The number of Topliss-reactive ketones (excluding diaryl/α,β-unsaturated/α-hetero) is 1. The van der Waals surface area contributed by atoms with E-state index in [1.165, 1.54) is 0 Å². The van der Waals surface area contributed by atoms with E-state index in [-0.39, 0.29) is 11.3 Å². The molecule has 3 aromatic carbocycles. The number of benzene rings is 3. The Morgan fingerprint density at radius 3 is 1.87 bits per heavy atom. The summed E-state index contributed by atoms with van der Waals surface area (Å²) in [6.45, 7) is 4.16. The Morgan fingerprint density at radius 1 is 0.677 bits per heavy atom. The zero-order valence-electron chi connectivity index (χ0n) is 18.4. The molecule has 0 saturated heterocycles. The molecule has 162 valence electrons. The smallest absolute Gasteiger partial charge is 0.166 e. The van der Waals surface area contributed by atoms with Gasteiger partial charge >= 0.3 is 0 Å². The van der Waals surface area contributed by atoms with Gasteiger partial charge in [0.05, 0.1) is 0 Å². The largest absolute Gasteiger partial charge is 0.294 e. The van der Waals surface area contributed by atoms with Gasteiger partial charge in [0.25, 0.3) is 0 Å². The fraction of sp³-hybridized carbons (Fsp3) is 0.321. The van der Waals surface area contributed by atoms with Crippen LogP contribution in [0.2, 0.25) is 0 Å². The lowest BCUT2D eigenvalue weighted by molar-refractivity contribution is 0.0980. The van der Waals surface area contributed by atoms with E-state index in [1.54, 1.807) is 12.1 Å². The van der Waals surface area contributed by atoms with E-state index in [0.29, 0.717) is 24.0 Å². The summed E-state index contributed by atoms with van der Waals surface area (Å²) in [6.07, 6.45) is 5.96. The Morgan fingerprint density at radius 2 is 1.26 bits per heavy atom. The van der Waals surface area contributed by atoms with Gasteiger partial charge in [0.1, 0.15) is 0 Å². The van der Waals surface area contributed by atoms with Crippen LogP contribution in [0.3, 0.4) is 0 Å². The van der Waals surface area contributed by atoms with Crippen LogP contribution in [0.1, 0.15) is 68.3 Å². The molecule has 0 atom stereocenters. The first-order valence-corrected chi connectivity index (χ1v) is 11.3. The maximum atomic E-state index is 14.7. The summed E-state index contributed by atoms with van der Waals surface area (Å²) in [5.41, 5.74) is 4.04. The summed E-state index contributed by atoms with van der Waals surface area (Å²) in [4.78, 5) is 12.1. The summed E-state index contributed by atoms with van der Waals surface area (Å²) in [6, 6.07) is 18.4. The summed E-state index contributed by atoms with van der Waals surface area (Å²) < 4.78 is 29.2. The van der Waals surface area contributed by atoms with E-state index < -0.39 is 11.6 Å². The highest BCUT2D eigenvalue weighted by Gasteiger charge is 2.15. The van der Waals surface area contributed by atoms with Crippen molar-refractivity contribution in [2.45, 2.75) is 58.8 Å². The predicted molar refractivity (Wildman–Crippen MR) is 124 cm³/mol. The molecule has 0 radical (unpaired) electrons. The zero-order valence-corrected chi connectivity index (χ0v) is 18.4. The maximum absolute atomic E-state index is 14.7. The molecule has 31 heavy (non-hydrogen) atoms. The van der Waals surface area contributed by atoms with Gasteiger partial charge in [0.15, 0.2) is 17.4 Å². The predicted octanol–water partition coefficient (Wildman–Crippen LogP) is 8.40. The number of carbonyl (C=O) groups is 1. The second-order valence-corrected chi connectivity index (χ2v) is 8.04.